The zero-order chi connectivity index (χ0) is 17.7. The van der Waals surface area contributed by atoms with Gasteiger partial charge in [-0.1, -0.05) is 29.3 Å². The van der Waals surface area contributed by atoms with Crippen molar-refractivity contribution in [1.82, 2.24) is 0 Å². The van der Waals surface area contributed by atoms with Gasteiger partial charge in [0.2, 0.25) is 0 Å². The second-order valence-corrected chi connectivity index (χ2v) is 5.65. The topological polar surface area (TPSA) is 56.8 Å². The summed E-state index contributed by atoms with van der Waals surface area (Å²) >= 11 is 12.0. The van der Waals surface area contributed by atoms with Crippen molar-refractivity contribution in [1.29, 1.82) is 0 Å². The third-order valence-corrected chi connectivity index (χ3v) is 4.06. The van der Waals surface area contributed by atoms with Gasteiger partial charge in [0.05, 0.1) is 24.9 Å². The molecular weight excluding hydrogens is 353 g/mol. The molecule has 1 amide bonds. The second-order valence-electron chi connectivity index (χ2n) is 4.87. The van der Waals surface area contributed by atoms with Crippen molar-refractivity contribution >= 4 is 34.8 Å². The Morgan fingerprint density at radius 2 is 1.83 bits per heavy atom. The Kier molecular flexibility index (Phi) is 6.17. The number of rotatable bonds is 6. The largest absolute Gasteiger partial charge is 0.497 e. The molecule has 1 atom stereocenters. The summed E-state index contributed by atoms with van der Waals surface area (Å²) in [4.78, 5) is 12.4. The fraction of sp³-hybridized carbons (Fsp3) is 0.235. The van der Waals surface area contributed by atoms with Crippen molar-refractivity contribution < 1.29 is 19.0 Å². The van der Waals surface area contributed by atoms with Gasteiger partial charge < -0.3 is 19.5 Å². The summed E-state index contributed by atoms with van der Waals surface area (Å²) in [7, 11) is 3.06. The molecule has 0 bridgehead atoms. The predicted molar refractivity (Wildman–Crippen MR) is 94.7 cm³/mol. The lowest BCUT2D eigenvalue weighted by Gasteiger charge is -2.17. The van der Waals surface area contributed by atoms with E-state index in [0.717, 1.165) is 0 Å². The highest BCUT2D eigenvalue weighted by Gasteiger charge is 2.19. The summed E-state index contributed by atoms with van der Waals surface area (Å²) in [6.45, 7) is 1.61. The van der Waals surface area contributed by atoms with Crippen LogP contribution in [0.3, 0.4) is 0 Å². The second kappa shape index (κ2) is 8.13. The van der Waals surface area contributed by atoms with Crippen LogP contribution in [-0.4, -0.2) is 26.2 Å². The average Bonchev–Trinajstić information content (AvgIpc) is 2.58. The normalized spacial score (nSPS) is 11.5. The SMILES string of the molecule is COc1ccc(OC)c(NC(=O)C(C)Oc2cccc(Cl)c2Cl)c1. The first-order chi connectivity index (χ1) is 11.5. The highest BCUT2D eigenvalue weighted by atomic mass is 35.5. The highest BCUT2D eigenvalue weighted by molar-refractivity contribution is 6.42. The third-order valence-electron chi connectivity index (χ3n) is 3.25. The van der Waals surface area contributed by atoms with E-state index in [-0.39, 0.29) is 10.9 Å². The van der Waals surface area contributed by atoms with Gasteiger partial charge in [-0.3, -0.25) is 4.79 Å². The van der Waals surface area contributed by atoms with Gasteiger partial charge in [0.15, 0.2) is 6.10 Å². The highest BCUT2D eigenvalue weighted by Crippen LogP contribution is 2.33. The number of anilines is 1. The first-order valence-corrected chi connectivity index (χ1v) is 7.85. The summed E-state index contributed by atoms with van der Waals surface area (Å²) in [5.41, 5.74) is 0.481. The monoisotopic (exact) mass is 369 g/mol. The molecule has 2 aromatic rings. The fourth-order valence-electron chi connectivity index (χ4n) is 1.97. The van der Waals surface area contributed by atoms with Gasteiger partial charge in [0.25, 0.3) is 5.91 Å². The number of benzene rings is 2. The summed E-state index contributed by atoms with van der Waals surface area (Å²) in [5.74, 6) is 1.08. The molecule has 2 rings (SSSR count). The molecule has 128 valence electrons. The van der Waals surface area contributed by atoms with Crippen LogP contribution in [0.5, 0.6) is 17.2 Å². The number of hydrogen-bond donors (Lipinski definition) is 1. The zero-order valence-corrected chi connectivity index (χ0v) is 14.9. The van der Waals surface area contributed by atoms with Gasteiger partial charge in [-0.25, -0.2) is 0 Å². The van der Waals surface area contributed by atoms with Crippen molar-refractivity contribution in [3.63, 3.8) is 0 Å². The lowest BCUT2D eigenvalue weighted by Crippen LogP contribution is -2.30. The Labute approximate surface area is 150 Å². The average molecular weight is 370 g/mol. The number of ether oxygens (including phenoxy) is 3. The van der Waals surface area contributed by atoms with Gasteiger partial charge in [0.1, 0.15) is 22.3 Å². The fourth-order valence-corrected chi connectivity index (χ4v) is 2.30. The molecule has 2 aromatic carbocycles. The molecule has 0 aliphatic heterocycles. The lowest BCUT2D eigenvalue weighted by atomic mass is 10.2. The van der Waals surface area contributed by atoms with Crippen molar-refractivity contribution in [2.24, 2.45) is 0 Å². The molecule has 0 radical (unpaired) electrons. The maximum atomic E-state index is 12.4. The van der Waals surface area contributed by atoms with Crippen molar-refractivity contribution in [3.8, 4) is 17.2 Å². The molecule has 0 fully saturated rings. The molecule has 1 unspecified atom stereocenters. The van der Waals surface area contributed by atoms with Crippen LogP contribution in [0.15, 0.2) is 36.4 Å². The van der Waals surface area contributed by atoms with E-state index >= 15 is 0 Å². The van der Waals surface area contributed by atoms with Crippen LogP contribution >= 0.6 is 23.2 Å². The van der Waals surface area contributed by atoms with Gasteiger partial charge >= 0.3 is 0 Å². The van der Waals surface area contributed by atoms with Crippen molar-refractivity contribution in [2.45, 2.75) is 13.0 Å². The molecule has 0 aliphatic rings. The number of carbonyl (C=O) groups excluding carboxylic acids is 1. The van der Waals surface area contributed by atoms with Gasteiger partial charge in [-0.05, 0) is 31.2 Å². The molecule has 1 N–H and O–H groups in total. The standard InChI is InChI=1S/C17H17Cl2NO4/c1-10(24-15-6-4-5-12(18)16(15)19)17(21)20-13-9-11(22-2)7-8-14(13)23-3/h4-10H,1-3H3,(H,20,21). The van der Waals surface area contributed by atoms with Crippen LogP contribution in [0.4, 0.5) is 5.69 Å². The summed E-state index contributed by atoms with van der Waals surface area (Å²) in [6.07, 6.45) is -0.795. The minimum atomic E-state index is -0.795. The Balaban J connectivity index is 2.13. The molecule has 0 saturated heterocycles. The Morgan fingerprint density at radius 1 is 1.08 bits per heavy atom. The number of hydrogen-bond acceptors (Lipinski definition) is 4. The minimum Gasteiger partial charge on any atom is -0.497 e. The Morgan fingerprint density at radius 3 is 2.50 bits per heavy atom. The molecular formula is C17H17Cl2NO4. The van der Waals surface area contributed by atoms with E-state index in [2.05, 4.69) is 5.32 Å². The summed E-state index contributed by atoms with van der Waals surface area (Å²) in [5, 5.41) is 3.36. The first-order valence-electron chi connectivity index (χ1n) is 7.09. The number of halogens is 2. The number of methoxy groups -OCH3 is 2. The smallest absolute Gasteiger partial charge is 0.265 e. The van der Waals surface area contributed by atoms with Gasteiger partial charge in [0, 0.05) is 6.07 Å². The van der Waals surface area contributed by atoms with Crippen LogP contribution in [-0.2, 0) is 4.79 Å². The quantitative estimate of drug-likeness (QED) is 0.818. The van der Waals surface area contributed by atoms with E-state index in [1.165, 1.54) is 7.11 Å². The van der Waals surface area contributed by atoms with Gasteiger partial charge in [-0.2, -0.15) is 0 Å². The first kappa shape index (κ1) is 18.2. The zero-order valence-electron chi connectivity index (χ0n) is 13.4. The summed E-state index contributed by atoms with van der Waals surface area (Å²) < 4.78 is 16.0. The van der Waals surface area contributed by atoms with E-state index in [4.69, 9.17) is 37.4 Å². The molecule has 0 spiro atoms. The molecule has 5 nitrogen and oxygen atoms in total. The third kappa shape index (κ3) is 4.24. The molecule has 0 heterocycles. The lowest BCUT2D eigenvalue weighted by molar-refractivity contribution is -0.122. The van der Waals surface area contributed by atoms with Crippen LogP contribution in [0.25, 0.3) is 0 Å². The van der Waals surface area contributed by atoms with Crippen LogP contribution in [0.1, 0.15) is 6.92 Å². The van der Waals surface area contributed by atoms with E-state index in [0.29, 0.717) is 28.0 Å². The van der Waals surface area contributed by atoms with E-state index in [1.54, 1.807) is 50.4 Å². The number of amides is 1. The minimum absolute atomic E-state index is 0.262. The Bertz CT molecular complexity index is 737. The van der Waals surface area contributed by atoms with Crippen molar-refractivity contribution in [3.05, 3.63) is 46.4 Å². The maximum Gasteiger partial charge on any atom is 0.265 e. The molecule has 0 saturated carbocycles. The van der Waals surface area contributed by atoms with Crippen LogP contribution in [0.2, 0.25) is 10.0 Å². The van der Waals surface area contributed by atoms with E-state index in [9.17, 15) is 4.79 Å². The van der Waals surface area contributed by atoms with Crippen molar-refractivity contribution in [2.75, 3.05) is 19.5 Å². The van der Waals surface area contributed by atoms with Crippen LogP contribution in [0, 0.1) is 0 Å². The summed E-state index contributed by atoms with van der Waals surface area (Å²) in [6, 6.07) is 10.1. The van der Waals surface area contributed by atoms with Crippen LogP contribution < -0.4 is 19.5 Å². The maximum absolute atomic E-state index is 12.4. The van der Waals surface area contributed by atoms with Gasteiger partial charge in [-0.15, -0.1) is 0 Å². The number of nitrogens with one attached hydrogen (secondary N) is 1. The van der Waals surface area contributed by atoms with E-state index in [1.807, 2.05) is 0 Å². The molecule has 24 heavy (non-hydrogen) atoms. The molecule has 0 aromatic heterocycles. The predicted octanol–water partition coefficient (Wildman–Crippen LogP) is 4.42. The Hall–Kier alpha value is -2.11. The number of carbonyl (C=O) groups is 1. The van der Waals surface area contributed by atoms with E-state index < -0.39 is 6.10 Å². The molecule has 7 heteroatoms. The molecule has 0 aliphatic carbocycles.